The standard InChI is InChI=1S/C18H28N4O2/c1-12(2)20-18(24)21-16-7-5-4-6-15(16)17(23)22-10-8-14(9-11-22)13(3)19/h4-7,12-14H,8-11,19H2,1-3H3,(H2,20,21,24). The van der Waals surface area contributed by atoms with Crippen molar-refractivity contribution in [1.29, 1.82) is 0 Å². The number of piperidine rings is 1. The second-order valence-corrected chi connectivity index (χ2v) is 6.79. The van der Waals surface area contributed by atoms with Gasteiger partial charge in [0.2, 0.25) is 0 Å². The maximum atomic E-state index is 12.8. The van der Waals surface area contributed by atoms with E-state index in [-0.39, 0.29) is 24.0 Å². The molecular weight excluding hydrogens is 304 g/mol. The first-order valence-electron chi connectivity index (χ1n) is 8.60. The number of urea groups is 1. The minimum Gasteiger partial charge on any atom is -0.339 e. The summed E-state index contributed by atoms with van der Waals surface area (Å²) in [6.45, 7) is 7.21. The number of carbonyl (C=O) groups is 2. The minimum atomic E-state index is -0.305. The fourth-order valence-electron chi connectivity index (χ4n) is 3.00. The smallest absolute Gasteiger partial charge is 0.319 e. The van der Waals surface area contributed by atoms with Crippen molar-refractivity contribution in [3.63, 3.8) is 0 Å². The van der Waals surface area contributed by atoms with Crippen molar-refractivity contribution in [2.45, 2.75) is 45.7 Å². The summed E-state index contributed by atoms with van der Waals surface area (Å²) >= 11 is 0. The van der Waals surface area contributed by atoms with E-state index in [9.17, 15) is 9.59 Å². The molecule has 0 saturated carbocycles. The molecule has 1 aromatic carbocycles. The molecule has 2 rings (SSSR count). The van der Waals surface area contributed by atoms with Gasteiger partial charge in [0.05, 0.1) is 11.3 Å². The molecule has 24 heavy (non-hydrogen) atoms. The highest BCUT2D eigenvalue weighted by Gasteiger charge is 2.26. The van der Waals surface area contributed by atoms with Crippen molar-refractivity contribution in [3.05, 3.63) is 29.8 Å². The van der Waals surface area contributed by atoms with Crippen molar-refractivity contribution in [1.82, 2.24) is 10.2 Å². The number of benzene rings is 1. The van der Waals surface area contributed by atoms with Crippen LogP contribution >= 0.6 is 0 Å². The van der Waals surface area contributed by atoms with Gasteiger partial charge in [-0.25, -0.2) is 4.79 Å². The summed E-state index contributed by atoms with van der Waals surface area (Å²) in [7, 11) is 0. The molecule has 1 saturated heterocycles. The lowest BCUT2D eigenvalue weighted by molar-refractivity contribution is 0.0682. The number of anilines is 1. The van der Waals surface area contributed by atoms with Crippen LogP contribution < -0.4 is 16.4 Å². The quantitative estimate of drug-likeness (QED) is 0.791. The number of likely N-dealkylation sites (tertiary alicyclic amines) is 1. The van der Waals surface area contributed by atoms with Crippen LogP contribution in [0.15, 0.2) is 24.3 Å². The zero-order valence-corrected chi connectivity index (χ0v) is 14.7. The molecule has 1 atom stereocenters. The van der Waals surface area contributed by atoms with Crippen LogP contribution in [-0.2, 0) is 0 Å². The van der Waals surface area contributed by atoms with Gasteiger partial charge in [-0.2, -0.15) is 0 Å². The van der Waals surface area contributed by atoms with E-state index in [1.807, 2.05) is 37.8 Å². The summed E-state index contributed by atoms with van der Waals surface area (Å²) in [4.78, 5) is 26.6. The molecule has 0 spiro atoms. The number of para-hydroxylation sites is 1. The third-order valence-corrected chi connectivity index (χ3v) is 4.40. The van der Waals surface area contributed by atoms with Crippen LogP contribution in [0, 0.1) is 5.92 Å². The van der Waals surface area contributed by atoms with Crippen molar-refractivity contribution in [2.75, 3.05) is 18.4 Å². The predicted molar refractivity (Wildman–Crippen MR) is 96.0 cm³/mol. The Morgan fingerprint density at radius 1 is 1.17 bits per heavy atom. The Labute approximate surface area is 143 Å². The number of amides is 3. The van der Waals surface area contributed by atoms with Crippen LogP contribution in [0.3, 0.4) is 0 Å². The number of carbonyl (C=O) groups excluding carboxylic acids is 2. The fourth-order valence-corrected chi connectivity index (χ4v) is 3.00. The summed E-state index contributed by atoms with van der Waals surface area (Å²) in [6.07, 6.45) is 1.85. The summed E-state index contributed by atoms with van der Waals surface area (Å²) in [6, 6.07) is 7.02. The largest absolute Gasteiger partial charge is 0.339 e. The number of nitrogens with zero attached hydrogens (tertiary/aromatic N) is 1. The maximum Gasteiger partial charge on any atom is 0.319 e. The average molecular weight is 332 g/mol. The van der Waals surface area contributed by atoms with Crippen LogP contribution in [0.4, 0.5) is 10.5 Å². The van der Waals surface area contributed by atoms with Gasteiger partial charge in [-0.1, -0.05) is 12.1 Å². The molecule has 0 radical (unpaired) electrons. The molecule has 6 heteroatoms. The molecule has 0 aliphatic carbocycles. The van der Waals surface area contributed by atoms with Gasteiger partial charge in [-0.15, -0.1) is 0 Å². The molecule has 4 N–H and O–H groups in total. The normalized spacial score (nSPS) is 16.8. The third kappa shape index (κ3) is 4.71. The van der Waals surface area contributed by atoms with Crippen LogP contribution in [-0.4, -0.2) is 42.0 Å². The molecule has 6 nitrogen and oxygen atoms in total. The van der Waals surface area contributed by atoms with E-state index in [1.165, 1.54) is 0 Å². The molecule has 1 fully saturated rings. The SMILES string of the molecule is CC(C)NC(=O)Nc1ccccc1C(=O)N1CCC(C(C)N)CC1. The van der Waals surface area contributed by atoms with Gasteiger partial charge in [0.1, 0.15) is 0 Å². The van der Waals surface area contributed by atoms with Crippen molar-refractivity contribution >= 4 is 17.6 Å². The van der Waals surface area contributed by atoms with E-state index < -0.39 is 0 Å². The van der Waals surface area contributed by atoms with Gasteiger partial charge in [0.25, 0.3) is 5.91 Å². The van der Waals surface area contributed by atoms with Crippen molar-refractivity contribution in [2.24, 2.45) is 11.7 Å². The molecule has 1 aromatic rings. The van der Waals surface area contributed by atoms with E-state index in [0.717, 1.165) is 12.8 Å². The van der Waals surface area contributed by atoms with Crippen molar-refractivity contribution < 1.29 is 9.59 Å². The van der Waals surface area contributed by atoms with Crippen LogP contribution in [0.2, 0.25) is 0 Å². The Hall–Kier alpha value is -2.08. The van der Waals surface area contributed by atoms with E-state index in [2.05, 4.69) is 10.6 Å². The highest BCUT2D eigenvalue weighted by atomic mass is 16.2. The Kier molecular flexibility index (Phi) is 6.20. The van der Waals surface area contributed by atoms with Crippen LogP contribution in [0.25, 0.3) is 0 Å². The Balaban J connectivity index is 2.06. The number of hydrogen-bond acceptors (Lipinski definition) is 3. The minimum absolute atomic E-state index is 0.0325. The zero-order valence-electron chi connectivity index (χ0n) is 14.7. The van der Waals surface area contributed by atoms with E-state index in [1.54, 1.807) is 12.1 Å². The first-order chi connectivity index (χ1) is 11.4. The highest BCUT2D eigenvalue weighted by molar-refractivity contribution is 6.03. The van der Waals surface area contributed by atoms with Gasteiger partial charge >= 0.3 is 6.03 Å². The summed E-state index contributed by atoms with van der Waals surface area (Å²) in [5.41, 5.74) is 7.02. The first-order valence-corrected chi connectivity index (χ1v) is 8.60. The molecule has 0 aromatic heterocycles. The highest BCUT2D eigenvalue weighted by Crippen LogP contribution is 2.23. The molecule has 132 valence electrons. The van der Waals surface area contributed by atoms with Crippen LogP contribution in [0.5, 0.6) is 0 Å². The first kappa shape index (κ1) is 18.3. The number of rotatable bonds is 4. The molecular formula is C18H28N4O2. The third-order valence-electron chi connectivity index (χ3n) is 4.40. The van der Waals surface area contributed by atoms with Crippen molar-refractivity contribution in [3.8, 4) is 0 Å². The topological polar surface area (TPSA) is 87.5 Å². The molecule has 1 aliphatic rings. The zero-order chi connectivity index (χ0) is 17.7. The van der Waals surface area contributed by atoms with Gasteiger partial charge < -0.3 is 21.3 Å². The molecule has 3 amide bonds. The lowest BCUT2D eigenvalue weighted by atomic mass is 9.90. The van der Waals surface area contributed by atoms with Gasteiger partial charge in [-0.05, 0) is 51.7 Å². The molecule has 1 unspecified atom stereocenters. The Morgan fingerprint density at radius 3 is 2.38 bits per heavy atom. The number of nitrogens with one attached hydrogen (secondary N) is 2. The Bertz CT molecular complexity index is 578. The predicted octanol–water partition coefficient (Wildman–Crippen LogP) is 2.42. The van der Waals surface area contributed by atoms with Gasteiger partial charge in [0.15, 0.2) is 0 Å². The lowest BCUT2D eigenvalue weighted by Crippen LogP contribution is -2.43. The van der Waals surface area contributed by atoms with Gasteiger partial charge in [0, 0.05) is 25.2 Å². The van der Waals surface area contributed by atoms with E-state index in [4.69, 9.17) is 5.73 Å². The Morgan fingerprint density at radius 2 is 1.79 bits per heavy atom. The number of hydrogen-bond donors (Lipinski definition) is 3. The summed E-state index contributed by atoms with van der Waals surface area (Å²) in [5.74, 6) is 0.429. The molecule has 1 aliphatic heterocycles. The average Bonchev–Trinajstić information content (AvgIpc) is 2.54. The molecule has 0 bridgehead atoms. The van der Waals surface area contributed by atoms with E-state index in [0.29, 0.717) is 30.3 Å². The summed E-state index contributed by atoms with van der Waals surface area (Å²) < 4.78 is 0. The van der Waals surface area contributed by atoms with Crippen LogP contribution in [0.1, 0.15) is 44.0 Å². The monoisotopic (exact) mass is 332 g/mol. The lowest BCUT2D eigenvalue weighted by Gasteiger charge is -2.34. The van der Waals surface area contributed by atoms with E-state index >= 15 is 0 Å². The fraction of sp³-hybridized carbons (Fsp3) is 0.556. The summed E-state index contributed by atoms with van der Waals surface area (Å²) in [5, 5.41) is 5.54. The van der Waals surface area contributed by atoms with Gasteiger partial charge in [-0.3, -0.25) is 4.79 Å². The number of nitrogens with two attached hydrogens (primary N) is 1. The molecule has 1 heterocycles. The second-order valence-electron chi connectivity index (χ2n) is 6.79. The second kappa shape index (κ2) is 8.15. The maximum absolute atomic E-state index is 12.8.